The Morgan fingerprint density at radius 2 is 1.36 bits per heavy atom. The zero-order chi connectivity index (χ0) is 21.2. The SMILES string of the molecule is CCOC(=O)c1c(C)[nH]c(C)c1C(=O)COC(=O)c1[nH]c(C)c(C(C)=O)c1C. The largest absolute Gasteiger partial charge is 0.462 e. The van der Waals surface area contributed by atoms with E-state index in [0.29, 0.717) is 28.2 Å². The third-order valence-corrected chi connectivity index (χ3v) is 4.46. The fourth-order valence-corrected chi connectivity index (χ4v) is 3.35. The van der Waals surface area contributed by atoms with Gasteiger partial charge in [0.2, 0.25) is 5.78 Å². The molecule has 0 aliphatic rings. The summed E-state index contributed by atoms with van der Waals surface area (Å²) < 4.78 is 10.1. The minimum absolute atomic E-state index is 0.128. The van der Waals surface area contributed by atoms with E-state index in [-0.39, 0.29) is 29.2 Å². The highest BCUT2D eigenvalue weighted by Gasteiger charge is 2.27. The number of esters is 2. The van der Waals surface area contributed by atoms with Crippen molar-refractivity contribution in [3.05, 3.63) is 45.0 Å². The van der Waals surface area contributed by atoms with Crippen LogP contribution in [0.15, 0.2) is 0 Å². The molecular formula is C20H24N2O6. The van der Waals surface area contributed by atoms with Gasteiger partial charge in [0.25, 0.3) is 0 Å². The monoisotopic (exact) mass is 388 g/mol. The van der Waals surface area contributed by atoms with E-state index in [0.717, 1.165) is 0 Å². The van der Waals surface area contributed by atoms with Gasteiger partial charge in [-0.2, -0.15) is 0 Å². The molecule has 0 saturated carbocycles. The molecule has 0 unspecified atom stereocenters. The van der Waals surface area contributed by atoms with Crippen LogP contribution in [0.5, 0.6) is 0 Å². The first kappa shape index (κ1) is 21.1. The molecule has 150 valence electrons. The third kappa shape index (κ3) is 3.90. The Bertz CT molecular complexity index is 964. The van der Waals surface area contributed by atoms with Crippen LogP contribution in [0, 0.1) is 27.7 Å². The van der Waals surface area contributed by atoms with E-state index in [4.69, 9.17) is 9.47 Å². The summed E-state index contributed by atoms with van der Waals surface area (Å²) in [6, 6.07) is 0. The topological polar surface area (TPSA) is 118 Å². The maximum Gasteiger partial charge on any atom is 0.355 e. The summed E-state index contributed by atoms with van der Waals surface area (Å²) in [5.41, 5.74) is 2.88. The first-order valence-electron chi connectivity index (χ1n) is 8.86. The maximum atomic E-state index is 12.6. The molecule has 2 rings (SSSR count). The number of carbonyl (C=O) groups excluding carboxylic acids is 4. The van der Waals surface area contributed by atoms with Crippen molar-refractivity contribution in [2.45, 2.75) is 41.5 Å². The predicted molar refractivity (Wildman–Crippen MR) is 101 cm³/mol. The number of H-pyrrole nitrogens is 2. The van der Waals surface area contributed by atoms with Crippen molar-refractivity contribution < 1.29 is 28.7 Å². The van der Waals surface area contributed by atoms with Crippen molar-refractivity contribution in [3.63, 3.8) is 0 Å². The quantitative estimate of drug-likeness (QED) is 0.556. The lowest BCUT2D eigenvalue weighted by Gasteiger charge is -2.07. The molecule has 0 spiro atoms. The van der Waals surface area contributed by atoms with Crippen LogP contribution in [0.4, 0.5) is 0 Å². The molecule has 0 radical (unpaired) electrons. The van der Waals surface area contributed by atoms with Gasteiger partial charge in [-0.05, 0) is 47.1 Å². The number of aromatic nitrogens is 2. The highest BCUT2D eigenvalue weighted by Crippen LogP contribution is 2.22. The van der Waals surface area contributed by atoms with Crippen molar-refractivity contribution in [1.29, 1.82) is 0 Å². The third-order valence-electron chi connectivity index (χ3n) is 4.46. The van der Waals surface area contributed by atoms with Gasteiger partial charge in [-0.1, -0.05) is 0 Å². The molecule has 0 aliphatic heterocycles. The Hall–Kier alpha value is -3.16. The van der Waals surface area contributed by atoms with Gasteiger partial charge < -0.3 is 19.4 Å². The highest BCUT2D eigenvalue weighted by molar-refractivity contribution is 6.09. The van der Waals surface area contributed by atoms with Gasteiger partial charge in [-0.3, -0.25) is 9.59 Å². The Labute approximate surface area is 162 Å². The highest BCUT2D eigenvalue weighted by atomic mass is 16.5. The molecule has 0 aliphatic carbocycles. The van der Waals surface area contributed by atoms with Gasteiger partial charge in [0.15, 0.2) is 12.4 Å². The lowest BCUT2D eigenvalue weighted by atomic mass is 10.1. The molecule has 2 heterocycles. The molecule has 0 fully saturated rings. The molecule has 0 atom stereocenters. The van der Waals surface area contributed by atoms with E-state index in [1.807, 2.05) is 0 Å². The standard InChI is InChI=1S/C20H24N2O6/c1-7-27-19(25)17-12(5)21-11(4)16(17)14(24)8-28-20(26)18-9(2)15(13(6)23)10(3)22-18/h21-22H,7-8H2,1-6H3. The normalized spacial score (nSPS) is 10.6. The van der Waals surface area contributed by atoms with E-state index in [2.05, 4.69) is 9.97 Å². The number of Topliss-reactive ketones (excluding diaryl/α,β-unsaturated/α-hetero) is 2. The summed E-state index contributed by atoms with van der Waals surface area (Å²) in [7, 11) is 0. The van der Waals surface area contributed by atoms with Crippen LogP contribution in [0.3, 0.4) is 0 Å². The number of nitrogens with one attached hydrogen (secondary N) is 2. The lowest BCUT2D eigenvalue weighted by molar-refractivity contribution is 0.0466. The van der Waals surface area contributed by atoms with Crippen LogP contribution < -0.4 is 0 Å². The van der Waals surface area contributed by atoms with E-state index >= 15 is 0 Å². The predicted octanol–water partition coefficient (Wildman–Crippen LogP) is 3.00. The van der Waals surface area contributed by atoms with Gasteiger partial charge in [0.1, 0.15) is 5.69 Å². The van der Waals surface area contributed by atoms with Crippen LogP contribution in [0.2, 0.25) is 0 Å². The molecule has 0 bridgehead atoms. The molecular weight excluding hydrogens is 364 g/mol. The van der Waals surface area contributed by atoms with Gasteiger partial charge in [-0.25, -0.2) is 9.59 Å². The Morgan fingerprint density at radius 3 is 1.89 bits per heavy atom. The molecule has 28 heavy (non-hydrogen) atoms. The molecule has 2 aromatic heterocycles. The summed E-state index contributed by atoms with van der Waals surface area (Å²) in [5, 5.41) is 0. The molecule has 0 saturated heterocycles. The van der Waals surface area contributed by atoms with Crippen molar-refractivity contribution in [1.82, 2.24) is 9.97 Å². The number of hydrogen-bond acceptors (Lipinski definition) is 6. The van der Waals surface area contributed by atoms with Crippen LogP contribution in [-0.2, 0) is 9.47 Å². The van der Waals surface area contributed by atoms with E-state index in [1.165, 1.54) is 6.92 Å². The minimum atomic E-state index is -0.746. The number of ketones is 2. The molecule has 0 aromatic carbocycles. The molecule has 0 amide bonds. The average molecular weight is 388 g/mol. The van der Waals surface area contributed by atoms with Gasteiger partial charge >= 0.3 is 11.9 Å². The van der Waals surface area contributed by atoms with E-state index in [1.54, 1.807) is 34.6 Å². The fourth-order valence-electron chi connectivity index (χ4n) is 3.35. The smallest absolute Gasteiger partial charge is 0.355 e. The number of rotatable bonds is 7. The van der Waals surface area contributed by atoms with Crippen LogP contribution in [0.1, 0.15) is 78.1 Å². The van der Waals surface area contributed by atoms with Crippen molar-refractivity contribution in [2.24, 2.45) is 0 Å². The lowest BCUT2D eigenvalue weighted by Crippen LogP contribution is -2.18. The number of ether oxygens (including phenoxy) is 2. The summed E-state index contributed by atoms with van der Waals surface area (Å²) in [6.07, 6.45) is 0. The first-order chi connectivity index (χ1) is 13.1. The van der Waals surface area contributed by atoms with E-state index in [9.17, 15) is 19.2 Å². The molecule has 2 aromatic rings. The Kier molecular flexibility index (Phi) is 6.23. The molecule has 8 heteroatoms. The molecule has 2 N–H and O–H groups in total. The van der Waals surface area contributed by atoms with Crippen molar-refractivity contribution in [2.75, 3.05) is 13.2 Å². The fraction of sp³-hybridized carbons (Fsp3) is 0.400. The molecule has 8 nitrogen and oxygen atoms in total. The van der Waals surface area contributed by atoms with Crippen molar-refractivity contribution >= 4 is 23.5 Å². The van der Waals surface area contributed by atoms with Crippen LogP contribution in [-0.4, -0.2) is 46.7 Å². The number of aryl methyl sites for hydroxylation is 3. The summed E-state index contributed by atoms with van der Waals surface area (Å²) in [6.45, 7) is 9.35. The van der Waals surface area contributed by atoms with Crippen molar-refractivity contribution in [3.8, 4) is 0 Å². The first-order valence-corrected chi connectivity index (χ1v) is 8.86. The average Bonchev–Trinajstić information content (AvgIpc) is 3.07. The number of aromatic amines is 2. The number of hydrogen-bond donors (Lipinski definition) is 2. The van der Waals surface area contributed by atoms with Gasteiger partial charge in [0, 0.05) is 22.6 Å². The summed E-state index contributed by atoms with van der Waals surface area (Å²) in [5.74, 6) is -2.05. The minimum Gasteiger partial charge on any atom is -0.462 e. The second-order valence-electron chi connectivity index (χ2n) is 6.53. The van der Waals surface area contributed by atoms with E-state index < -0.39 is 24.3 Å². The Balaban J connectivity index is 2.22. The zero-order valence-corrected chi connectivity index (χ0v) is 16.9. The maximum absolute atomic E-state index is 12.6. The second-order valence-corrected chi connectivity index (χ2v) is 6.53. The van der Waals surface area contributed by atoms with Crippen LogP contribution >= 0.6 is 0 Å². The van der Waals surface area contributed by atoms with Crippen LogP contribution in [0.25, 0.3) is 0 Å². The summed E-state index contributed by atoms with van der Waals surface area (Å²) in [4.78, 5) is 54.7. The van der Waals surface area contributed by atoms with Gasteiger partial charge in [0.05, 0.1) is 17.7 Å². The zero-order valence-electron chi connectivity index (χ0n) is 16.9. The summed E-state index contributed by atoms with van der Waals surface area (Å²) >= 11 is 0. The Morgan fingerprint density at radius 1 is 0.786 bits per heavy atom. The van der Waals surface area contributed by atoms with Gasteiger partial charge in [-0.15, -0.1) is 0 Å². The number of carbonyl (C=O) groups is 4. The second kappa shape index (κ2) is 8.24.